The minimum atomic E-state index is -3.75. The molecule has 0 saturated heterocycles. The zero-order valence-corrected chi connectivity index (χ0v) is 19.2. The first-order chi connectivity index (χ1) is 14.1. The predicted octanol–water partition coefficient (Wildman–Crippen LogP) is 3.12. The fourth-order valence-electron chi connectivity index (χ4n) is 3.14. The number of carbonyl (C=O) groups excluding carboxylic acids is 1. The van der Waals surface area contributed by atoms with Crippen LogP contribution >= 0.6 is 0 Å². The summed E-state index contributed by atoms with van der Waals surface area (Å²) in [6.07, 6.45) is 3.11. The largest absolute Gasteiger partial charge is 0.492 e. The van der Waals surface area contributed by atoms with Gasteiger partial charge in [0.15, 0.2) is 0 Å². The van der Waals surface area contributed by atoms with E-state index in [-0.39, 0.29) is 16.6 Å². The van der Waals surface area contributed by atoms with Crippen molar-refractivity contribution in [3.8, 4) is 5.75 Å². The standard InChI is InChI=1S/C21H30N4O4S/c1-7-25(8-2)30(27,28)20-14-17(10-12-19(20)29-9-3)22-21(26)13-11-18-15(4)23-24(6)16(18)5/h10-14H,7-9H2,1-6H3,(H,22,26)/b13-11+. The predicted molar refractivity (Wildman–Crippen MR) is 118 cm³/mol. The molecule has 0 bridgehead atoms. The molecule has 1 aromatic heterocycles. The molecule has 164 valence electrons. The lowest BCUT2D eigenvalue weighted by atomic mass is 10.2. The fourth-order valence-corrected chi connectivity index (χ4v) is 4.75. The minimum Gasteiger partial charge on any atom is -0.492 e. The van der Waals surface area contributed by atoms with E-state index in [0.717, 1.165) is 17.0 Å². The lowest BCUT2D eigenvalue weighted by Gasteiger charge is -2.21. The van der Waals surface area contributed by atoms with Gasteiger partial charge in [0.1, 0.15) is 10.6 Å². The van der Waals surface area contributed by atoms with Gasteiger partial charge >= 0.3 is 0 Å². The molecule has 9 heteroatoms. The Labute approximate surface area is 178 Å². The number of sulfonamides is 1. The number of rotatable bonds is 9. The van der Waals surface area contributed by atoms with Crippen molar-refractivity contribution in [2.45, 2.75) is 39.5 Å². The highest BCUT2D eigenvalue weighted by molar-refractivity contribution is 7.89. The molecule has 1 aromatic carbocycles. The van der Waals surface area contributed by atoms with E-state index in [4.69, 9.17) is 4.74 Å². The van der Waals surface area contributed by atoms with Crippen LogP contribution < -0.4 is 10.1 Å². The molecule has 0 aliphatic heterocycles. The summed E-state index contributed by atoms with van der Waals surface area (Å²) in [7, 11) is -1.90. The molecule has 0 spiro atoms. The van der Waals surface area contributed by atoms with Crippen LogP contribution in [-0.4, -0.2) is 48.1 Å². The van der Waals surface area contributed by atoms with E-state index < -0.39 is 10.0 Å². The Morgan fingerprint density at radius 2 is 1.90 bits per heavy atom. The third-order valence-electron chi connectivity index (χ3n) is 4.80. The van der Waals surface area contributed by atoms with Gasteiger partial charge in [0, 0.05) is 43.2 Å². The van der Waals surface area contributed by atoms with Gasteiger partial charge in [0.25, 0.3) is 0 Å². The number of aryl methyl sites for hydroxylation is 2. The first-order valence-corrected chi connectivity index (χ1v) is 11.4. The van der Waals surface area contributed by atoms with Crippen molar-refractivity contribution in [2.24, 2.45) is 7.05 Å². The van der Waals surface area contributed by atoms with Crippen LogP contribution in [0.1, 0.15) is 37.7 Å². The molecule has 30 heavy (non-hydrogen) atoms. The molecule has 0 saturated carbocycles. The van der Waals surface area contributed by atoms with Gasteiger partial charge < -0.3 is 10.1 Å². The van der Waals surface area contributed by atoms with E-state index in [1.54, 1.807) is 43.7 Å². The van der Waals surface area contributed by atoms with Crippen molar-refractivity contribution in [2.75, 3.05) is 25.0 Å². The Hall–Kier alpha value is -2.65. The van der Waals surface area contributed by atoms with Crippen LogP contribution in [0.15, 0.2) is 29.2 Å². The van der Waals surface area contributed by atoms with Gasteiger partial charge in [0.05, 0.1) is 12.3 Å². The molecular formula is C21H30N4O4S. The average Bonchev–Trinajstić information content (AvgIpc) is 2.93. The first-order valence-electron chi connectivity index (χ1n) is 9.91. The number of nitrogens with zero attached hydrogens (tertiary/aromatic N) is 3. The van der Waals surface area contributed by atoms with Crippen LogP contribution in [0.25, 0.3) is 6.08 Å². The first kappa shape index (κ1) is 23.6. The molecule has 0 aliphatic carbocycles. The van der Waals surface area contributed by atoms with E-state index in [1.807, 2.05) is 20.9 Å². The monoisotopic (exact) mass is 434 g/mol. The number of anilines is 1. The van der Waals surface area contributed by atoms with E-state index in [0.29, 0.717) is 25.4 Å². The van der Waals surface area contributed by atoms with Gasteiger partial charge in [-0.1, -0.05) is 13.8 Å². The summed E-state index contributed by atoms with van der Waals surface area (Å²) in [4.78, 5) is 12.5. The Morgan fingerprint density at radius 3 is 2.43 bits per heavy atom. The van der Waals surface area contributed by atoms with Gasteiger partial charge in [-0.15, -0.1) is 0 Å². The van der Waals surface area contributed by atoms with Crippen LogP contribution in [-0.2, 0) is 21.9 Å². The quantitative estimate of drug-likeness (QED) is 0.612. The highest BCUT2D eigenvalue weighted by Crippen LogP contribution is 2.30. The molecule has 0 aliphatic rings. The number of aromatic nitrogens is 2. The number of nitrogens with one attached hydrogen (secondary N) is 1. The van der Waals surface area contributed by atoms with Crippen LogP contribution in [0.3, 0.4) is 0 Å². The number of amides is 1. The van der Waals surface area contributed by atoms with E-state index in [1.165, 1.54) is 16.4 Å². The zero-order chi connectivity index (χ0) is 22.5. The van der Waals surface area contributed by atoms with Crippen LogP contribution in [0.2, 0.25) is 0 Å². The van der Waals surface area contributed by atoms with E-state index in [9.17, 15) is 13.2 Å². The highest BCUT2D eigenvalue weighted by Gasteiger charge is 2.26. The number of benzene rings is 1. The van der Waals surface area contributed by atoms with Crippen LogP contribution in [0, 0.1) is 13.8 Å². The SMILES string of the molecule is CCOc1ccc(NC(=O)/C=C/c2c(C)nn(C)c2C)cc1S(=O)(=O)N(CC)CC. The minimum absolute atomic E-state index is 0.0359. The molecule has 2 aromatic rings. The summed E-state index contributed by atoms with van der Waals surface area (Å²) in [6, 6.07) is 4.62. The molecule has 2 rings (SSSR count). The summed E-state index contributed by atoms with van der Waals surface area (Å²) >= 11 is 0. The smallest absolute Gasteiger partial charge is 0.248 e. The highest BCUT2D eigenvalue weighted by atomic mass is 32.2. The van der Waals surface area contributed by atoms with Crippen molar-refractivity contribution >= 4 is 27.7 Å². The summed E-state index contributed by atoms with van der Waals surface area (Å²) in [6.45, 7) is 10.2. The second-order valence-electron chi connectivity index (χ2n) is 6.71. The Morgan fingerprint density at radius 1 is 1.23 bits per heavy atom. The van der Waals surface area contributed by atoms with Crippen molar-refractivity contribution < 1.29 is 17.9 Å². The number of hydrogen-bond donors (Lipinski definition) is 1. The van der Waals surface area contributed by atoms with Gasteiger partial charge in [-0.25, -0.2) is 8.42 Å². The normalized spacial score (nSPS) is 12.0. The van der Waals surface area contributed by atoms with Crippen molar-refractivity contribution in [3.63, 3.8) is 0 Å². The molecule has 0 unspecified atom stereocenters. The third kappa shape index (κ3) is 5.09. The topological polar surface area (TPSA) is 93.5 Å². The molecule has 1 amide bonds. The molecular weight excluding hydrogens is 404 g/mol. The van der Waals surface area contributed by atoms with Crippen molar-refractivity contribution in [1.82, 2.24) is 14.1 Å². The van der Waals surface area contributed by atoms with Crippen molar-refractivity contribution in [3.05, 3.63) is 41.2 Å². The zero-order valence-electron chi connectivity index (χ0n) is 18.4. The van der Waals surface area contributed by atoms with Gasteiger partial charge in [-0.05, 0) is 45.0 Å². The maximum atomic E-state index is 13.0. The lowest BCUT2D eigenvalue weighted by molar-refractivity contribution is -0.111. The van der Waals surface area contributed by atoms with Gasteiger partial charge in [-0.2, -0.15) is 9.40 Å². The maximum Gasteiger partial charge on any atom is 0.248 e. The number of carbonyl (C=O) groups is 1. The molecule has 0 radical (unpaired) electrons. The Balaban J connectivity index is 2.32. The van der Waals surface area contributed by atoms with Crippen molar-refractivity contribution in [1.29, 1.82) is 0 Å². The Kier molecular flexibility index (Phi) is 7.80. The number of ether oxygens (including phenoxy) is 1. The van der Waals surface area contributed by atoms with Gasteiger partial charge in [-0.3, -0.25) is 9.48 Å². The van der Waals surface area contributed by atoms with Gasteiger partial charge in [0.2, 0.25) is 15.9 Å². The summed E-state index contributed by atoms with van der Waals surface area (Å²) in [5.41, 5.74) is 3.03. The summed E-state index contributed by atoms with van der Waals surface area (Å²) in [5.74, 6) is -0.104. The summed E-state index contributed by atoms with van der Waals surface area (Å²) < 4.78 is 34.7. The van der Waals surface area contributed by atoms with Crippen LogP contribution in [0.4, 0.5) is 5.69 Å². The number of hydrogen-bond acceptors (Lipinski definition) is 5. The second kappa shape index (κ2) is 9.90. The molecule has 0 fully saturated rings. The Bertz CT molecular complexity index is 1040. The lowest BCUT2D eigenvalue weighted by Crippen LogP contribution is -2.31. The molecule has 1 heterocycles. The summed E-state index contributed by atoms with van der Waals surface area (Å²) in [5, 5.41) is 7.04. The maximum absolute atomic E-state index is 13.0. The van der Waals surface area contributed by atoms with Crippen LogP contribution in [0.5, 0.6) is 5.75 Å². The molecule has 8 nitrogen and oxygen atoms in total. The molecule has 1 N–H and O–H groups in total. The van der Waals surface area contributed by atoms with E-state index >= 15 is 0 Å². The molecule has 0 atom stereocenters. The van der Waals surface area contributed by atoms with E-state index in [2.05, 4.69) is 10.4 Å². The fraction of sp³-hybridized carbons (Fsp3) is 0.429. The second-order valence-corrected chi connectivity index (χ2v) is 8.62. The third-order valence-corrected chi connectivity index (χ3v) is 6.87. The average molecular weight is 435 g/mol.